The summed E-state index contributed by atoms with van der Waals surface area (Å²) in [5, 5.41) is 3.18. The minimum absolute atomic E-state index is 0.137. The number of nitrogens with one attached hydrogen (secondary N) is 2. The van der Waals surface area contributed by atoms with Gasteiger partial charge < -0.3 is 16.5 Å². The normalized spacial score (nSPS) is 17.6. The van der Waals surface area contributed by atoms with Crippen LogP contribution in [0.2, 0.25) is 0 Å². The Morgan fingerprint density at radius 2 is 1.93 bits per heavy atom. The van der Waals surface area contributed by atoms with Crippen LogP contribution >= 0.6 is 0 Å². The minimum atomic E-state index is -4.60. The molecule has 150 valence electrons. The predicted molar refractivity (Wildman–Crippen MR) is 98.2 cm³/mol. The Kier molecular flexibility index (Phi) is 5.85. The lowest BCUT2D eigenvalue weighted by Crippen LogP contribution is -2.39. The van der Waals surface area contributed by atoms with Crippen molar-refractivity contribution in [2.24, 2.45) is 11.6 Å². The summed E-state index contributed by atoms with van der Waals surface area (Å²) in [6.45, 7) is 0. The van der Waals surface area contributed by atoms with Crippen LogP contribution in [-0.4, -0.2) is 11.0 Å². The molecular weight excluding hydrogens is 374 g/mol. The standard InChI is InChI=1S/C19H21F4N5/c20-14-8-12(7-13(10-14)19(21,22)23)6-11-4-5-26-17(9-11)27-16-3-1-2-15(24)18(16)28-25/h4-5,7-10,15,28H,1-3,6,24-25H2,(H,26,27). The van der Waals surface area contributed by atoms with E-state index in [1.807, 2.05) is 0 Å². The summed E-state index contributed by atoms with van der Waals surface area (Å²) in [4.78, 5) is 4.23. The second kappa shape index (κ2) is 8.15. The maximum absolute atomic E-state index is 13.6. The van der Waals surface area contributed by atoms with Crippen LogP contribution in [0.3, 0.4) is 0 Å². The van der Waals surface area contributed by atoms with Gasteiger partial charge in [-0.15, -0.1) is 0 Å². The molecule has 3 rings (SSSR count). The quantitative estimate of drug-likeness (QED) is 0.354. The molecule has 1 atom stereocenters. The molecule has 0 bridgehead atoms. The number of alkyl halides is 3. The van der Waals surface area contributed by atoms with Crippen LogP contribution in [0.1, 0.15) is 36.0 Å². The Hall–Kier alpha value is -2.65. The van der Waals surface area contributed by atoms with Crippen molar-refractivity contribution in [3.05, 3.63) is 70.4 Å². The first-order chi connectivity index (χ1) is 13.3. The Bertz CT molecular complexity index is 879. The summed E-state index contributed by atoms with van der Waals surface area (Å²) < 4.78 is 52.3. The molecule has 0 fully saturated rings. The van der Waals surface area contributed by atoms with E-state index in [-0.39, 0.29) is 18.0 Å². The van der Waals surface area contributed by atoms with Crippen molar-refractivity contribution in [3.63, 3.8) is 0 Å². The van der Waals surface area contributed by atoms with E-state index in [0.29, 0.717) is 23.1 Å². The Morgan fingerprint density at radius 3 is 2.64 bits per heavy atom. The number of halogens is 4. The number of nitrogens with zero attached hydrogens (tertiary/aromatic N) is 1. The molecule has 5 nitrogen and oxygen atoms in total. The second-order valence-electron chi connectivity index (χ2n) is 6.73. The molecule has 9 heteroatoms. The van der Waals surface area contributed by atoms with E-state index < -0.39 is 17.6 Å². The topological polar surface area (TPSA) is 89.0 Å². The van der Waals surface area contributed by atoms with Gasteiger partial charge in [-0.25, -0.2) is 9.37 Å². The molecule has 1 heterocycles. The van der Waals surface area contributed by atoms with Crippen LogP contribution in [0.4, 0.5) is 23.4 Å². The molecule has 1 aromatic carbocycles. The third-order valence-corrected chi connectivity index (χ3v) is 4.59. The fourth-order valence-electron chi connectivity index (χ4n) is 3.28. The minimum Gasteiger partial charge on any atom is -0.342 e. The van der Waals surface area contributed by atoms with Crippen LogP contribution in [0.5, 0.6) is 0 Å². The van der Waals surface area contributed by atoms with Gasteiger partial charge in [-0.3, -0.25) is 5.84 Å². The molecule has 6 N–H and O–H groups in total. The van der Waals surface area contributed by atoms with Gasteiger partial charge >= 0.3 is 6.18 Å². The molecule has 0 amide bonds. The first-order valence-corrected chi connectivity index (χ1v) is 8.80. The Labute approximate surface area is 159 Å². The van der Waals surface area contributed by atoms with Gasteiger partial charge in [0.1, 0.15) is 11.6 Å². The first-order valence-electron chi connectivity index (χ1n) is 8.80. The summed E-state index contributed by atoms with van der Waals surface area (Å²) in [6, 6.07) is 5.73. The van der Waals surface area contributed by atoms with Gasteiger partial charge in [0.2, 0.25) is 0 Å². The highest BCUT2D eigenvalue weighted by Crippen LogP contribution is 2.31. The summed E-state index contributed by atoms with van der Waals surface area (Å²) >= 11 is 0. The molecular formula is C19H21F4N5. The van der Waals surface area contributed by atoms with E-state index in [4.69, 9.17) is 11.6 Å². The van der Waals surface area contributed by atoms with Crippen LogP contribution in [-0.2, 0) is 12.6 Å². The molecule has 0 radical (unpaired) electrons. The zero-order valence-corrected chi connectivity index (χ0v) is 15.0. The lowest BCUT2D eigenvalue weighted by atomic mass is 9.97. The van der Waals surface area contributed by atoms with Gasteiger partial charge in [0, 0.05) is 17.9 Å². The average Bonchev–Trinajstić information content (AvgIpc) is 2.61. The molecule has 1 aliphatic carbocycles. The molecule has 0 saturated heterocycles. The first kappa shape index (κ1) is 20.1. The summed E-state index contributed by atoms with van der Waals surface area (Å²) in [6.07, 6.45) is -0.450. The fourth-order valence-corrected chi connectivity index (χ4v) is 3.28. The average molecular weight is 395 g/mol. The molecule has 1 aliphatic rings. The monoisotopic (exact) mass is 395 g/mol. The number of pyridine rings is 1. The molecule has 0 aliphatic heterocycles. The van der Waals surface area contributed by atoms with E-state index in [9.17, 15) is 17.6 Å². The maximum Gasteiger partial charge on any atom is 0.416 e. The van der Waals surface area contributed by atoms with E-state index in [1.54, 1.807) is 18.3 Å². The molecule has 0 spiro atoms. The number of aromatic nitrogens is 1. The lowest BCUT2D eigenvalue weighted by Gasteiger charge is -2.26. The van der Waals surface area contributed by atoms with Crippen LogP contribution in [0.15, 0.2) is 47.9 Å². The van der Waals surface area contributed by atoms with E-state index in [2.05, 4.69) is 15.7 Å². The highest BCUT2D eigenvalue weighted by Gasteiger charge is 2.31. The largest absolute Gasteiger partial charge is 0.416 e. The van der Waals surface area contributed by atoms with Gasteiger partial charge in [0.15, 0.2) is 0 Å². The van der Waals surface area contributed by atoms with E-state index in [0.717, 1.165) is 37.1 Å². The van der Waals surface area contributed by atoms with E-state index in [1.165, 1.54) is 0 Å². The summed E-state index contributed by atoms with van der Waals surface area (Å²) in [7, 11) is 0. The van der Waals surface area contributed by atoms with Crippen LogP contribution in [0.25, 0.3) is 0 Å². The zero-order valence-electron chi connectivity index (χ0n) is 15.0. The van der Waals surface area contributed by atoms with Crippen molar-refractivity contribution < 1.29 is 17.6 Å². The van der Waals surface area contributed by atoms with Crippen molar-refractivity contribution >= 4 is 5.82 Å². The zero-order chi connectivity index (χ0) is 20.3. The number of nitrogens with two attached hydrogens (primary N) is 2. The lowest BCUT2D eigenvalue weighted by molar-refractivity contribution is -0.137. The number of hydrazine groups is 1. The van der Waals surface area contributed by atoms with Crippen LogP contribution in [0, 0.1) is 5.82 Å². The van der Waals surface area contributed by atoms with E-state index >= 15 is 0 Å². The van der Waals surface area contributed by atoms with Crippen molar-refractivity contribution in [3.8, 4) is 0 Å². The smallest absolute Gasteiger partial charge is 0.342 e. The highest BCUT2D eigenvalue weighted by atomic mass is 19.4. The highest BCUT2D eigenvalue weighted by molar-refractivity contribution is 5.46. The third-order valence-electron chi connectivity index (χ3n) is 4.59. The number of rotatable bonds is 5. The number of allylic oxidation sites excluding steroid dienone is 1. The van der Waals surface area contributed by atoms with Crippen LogP contribution < -0.4 is 22.3 Å². The molecule has 2 aromatic rings. The molecule has 28 heavy (non-hydrogen) atoms. The number of hydrogen-bond donors (Lipinski definition) is 4. The predicted octanol–water partition coefficient (Wildman–Crippen LogP) is 3.43. The summed E-state index contributed by atoms with van der Waals surface area (Å²) in [5.41, 5.74) is 10.1. The van der Waals surface area contributed by atoms with Crippen molar-refractivity contribution in [1.29, 1.82) is 0 Å². The maximum atomic E-state index is 13.6. The van der Waals surface area contributed by atoms with Crippen molar-refractivity contribution in [1.82, 2.24) is 10.4 Å². The number of benzene rings is 1. The molecule has 1 unspecified atom stereocenters. The fraction of sp³-hybridized carbons (Fsp3) is 0.316. The number of anilines is 1. The number of hydrogen-bond acceptors (Lipinski definition) is 5. The van der Waals surface area contributed by atoms with Gasteiger partial charge in [0.25, 0.3) is 0 Å². The summed E-state index contributed by atoms with van der Waals surface area (Å²) in [5.74, 6) is 5.15. The Morgan fingerprint density at radius 1 is 1.14 bits per heavy atom. The van der Waals surface area contributed by atoms with Crippen molar-refractivity contribution in [2.45, 2.75) is 37.9 Å². The third kappa shape index (κ3) is 4.79. The van der Waals surface area contributed by atoms with Crippen molar-refractivity contribution in [2.75, 3.05) is 5.32 Å². The van der Waals surface area contributed by atoms with Gasteiger partial charge in [-0.2, -0.15) is 13.2 Å². The molecule has 0 saturated carbocycles. The van der Waals surface area contributed by atoms with Gasteiger partial charge in [0.05, 0.1) is 11.3 Å². The molecule has 1 aromatic heterocycles. The van der Waals surface area contributed by atoms with Gasteiger partial charge in [-0.05, 0) is 67.1 Å². The van der Waals surface area contributed by atoms with Gasteiger partial charge in [-0.1, -0.05) is 0 Å². The second-order valence-corrected chi connectivity index (χ2v) is 6.73. The SMILES string of the molecule is NNC1=C(Nc2cc(Cc3cc(F)cc(C(F)(F)F)c3)ccn2)CCCC1N. The Balaban J connectivity index is 1.82.